The minimum Gasteiger partial charge on any atom is -0.490 e. The van der Waals surface area contributed by atoms with Crippen molar-refractivity contribution in [2.45, 2.75) is 52.2 Å². The van der Waals surface area contributed by atoms with Crippen molar-refractivity contribution in [1.29, 1.82) is 0 Å². The second-order valence-electron chi connectivity index (χ2n) is 8.42. The average molecular weight is 529 g/mol. The van der Waals surface area contributed by atoms with E-state index in [1.807, 2.05) is 31.6 Å². The normalized spacial score (nSPS) is 13.2. The summed E-state index contributed by atoms with van der Waals surface area (Å²) in [5.41, 5.74) is 1.24. The van der Waals surface area contributed by atoms with Gasteiger partial charge in [-0.1, -0.05) is 18.7 Å². The van der Waals surface area contributed by atoms with E-state index in [1.54, 1.807) is 23.9 Å². The molecule has 1 saturated heterocycles. The van der Waals surface area contributed by atoms with E-state index in [4.69, 9.17) is 24.2 Å². The number of nitrogens with one attached hydrogen (secondary N) is 1. The Hall–Kier alpha value is -3.21. The first-order chi connectivity index (χ1) is 18.1. The number of fused-ring (bicyclic) bond motifs is 1. The Morgan fingerprint density at radius 2 is 1.68 bits per heavy atom. The van der Waals surface area contributed by atoms with Crippen LogP contribution < -0.4 is 24.4 Å². The van der Waals surface area contributed by atoms with E-state index in [1.165, 1.54) is 12.8 Å². The Morgan fingerprint density at radius 3 is 2.30 bits per heavy atom. The van der Waals surface area contributed by atoms with Gasteiger partial charge in [0.2, 0.25) is 5.75 Å². The molecule has 1 amide bonds. The molecule has 1 fully saturated rings. The summed E-state index contributed by atoms with van der Waals surface area (Å²) in [7, 11) is 0. The van der Waals surface area contributed by atoms with Crippen molar-refractivity contribution in [3.05, 3.63) is 23.9 Å². The smallest absolute Gasteiger partial charge is 0.251 e. The first kappa shape index (κ1) is 26.8. The van der Waals surface area contributed by atoms with Gasteiger partial charge in [-0.05, 0) is 51.5 Å². The molecule has 3 aromatic rings. The van der Waals surface area contributed by atoms with Crippen LogP contribution in [0.2, 0.25) is 0 Å². The SMILES string of the molecule is CCOc1cc(C(=O)NCCn2ncc3c(N4CCCC4)nc(SCC)nc32)cc(OCC)c1OCC. The van der Waals surface area contributed by atoms with E-state index in [2.05, 4.69) is 22.2 Å². The topological polar surface area (TPSA) is 104 Å². The van der Waals surface area contributed by atoms with Gasteiger partial charge in [0.25, 0.3) is 5.91 Å². The molecule has 1 aliphatic rings. The molecule has 0 atom stereocenters. The number of thioether (sulfide) groups is 1. The number of aromatic nitrogens is 4. The maximum atomic E-state index is 13.1. The third kappa shape index (κ3) is 6.20. The Morgan fingerprint density at radius 1 is 1.00 bits per heavy atom. The van der Waals surface area contributed by atoms with E-state index < -0.39 is 0 Å². The number of nitrogens with zero attached hydrogens (tertiary/aromatic N) is 5. The number of amides is 1. The second-order valence-corrected chi connectivity index (χ2v) is 9.65. The Labute approximate surface area is 222 Å². The highest BCUT2D eigenvalue weighted by molar-refractivity contribution is 7.99. The number of benzene rings is 1. The molecule has 0 bridgehead atoms. The van der Waals surface area contributed by atoms with Crippen molar-refractivity contribution in [3.8, 4) is 17.2 Å². The summed E-state index contributed by atoms with van der Waals surface area (Å²) in [5.74, 6) is 3.12. The fourth-order valence-electron chi connectivity index (χ4n) is 4.35. The molecular formula is C26H36N6O4S. The molecule has 0 saturated carbocycles. The van der Waals surface area contributed by atoms with Crippen LogP contribution >= 0.6 is 11.8 Å². The summed E-state index contributed by atoms with van der Waals surface area (Å²) in [6.07, 6.45) is 4.17. The summed E-state index contributed by atoms with van der Waals surface area (Å²) < 4.78 is 19.1. The van der Waals surface area contributed by atoms with Crippen molar-refractivity contribution in [1.82, 2.24) is 25.1 Å². The molecule has 2 aromatic heterocycles. The highest BCUT2D eigenvalue weighted by Gasteiger charge is 2.21. The molecule has 0 spiro atoms. The van der Waals surface area contributed by atoms with Crippen molar-refractivity contribution in [2.24, 2.45) is 0 Å². The predicted molar refractivity (Wildman–Crippen MR) is 145 cm³/mol. The maximum Gasteiger partial charge on any atom is 0.251 e. The molecule has 3 heterocycles. The third-order valence-electron chi connectivity index (χ3n) is 5.92. The zero-order valence-electron chi connectivity index (χ0n) is 22.1. The number of carbonyl (C=O) groups is 1. The van der Waals surface area contributed by atoms with Crippen LogP contribution in [0.3, 0.4) is 0 Å². The van der Waals surface area contributed by atoms with Gasteiger partial charge in [-0.2, -0.15) is 5.10 Å². The van der Waals surface area contributed by atoms with Crippen LogP contribution in [-0.4, -0.2) is 70.9 Å². The van der Waals surface area contributed by atoms with E-state index >= 15 is 0 Å². The second kappa shape index (κ2) is 12.8. The molecule has 4 rings (SSSR count). The van der Waals surface area contributed by atoms with Crippen molar-refractivity contribution in [3.63, 3.8) is 0 Å². The number of hydrogen-bond donors (Lipinski definition) is 1. The summed E-state index contributed by atoms with van der Waals surface area (Å²) in [6.45, 7) is 12.0. The molecule has 1 N–H and O–H groups in total. The van der Waals surface area contributed by atoms with E-state index in [9.17, 15) is 4.79 Å². The van der Waals surface area contributed by atoms with Crippen molar-refractivity contribution < 1.29 is 19.0 Å². The lowest BCUT2D eigenvalue weighted by Gasteiger charge is -2.18. The van der Waals surface area contributed by atoms with Gasteiger partial charge in [0, 0.05) is 25.2 Å². The van der Waals surface area contributed by atoms with Crippen LogP contribution in [0.4, 0.5) is 5.82 Å². The minimum atomic E-state index is -0.226. The lowest BCUT2D eigenvalue weighted by Crippen LogP contribution is -2.27. The average Bonchev–Trinajstić information content (AvgIpc) is 3.57. The molecule has 10 nitrogen and oxygen atoms in total. The summed E-state index contributed by atoms with van der Waals surface area (Å²) >= 11 is 1.62. The maximum absolute atomic E-state index is 13.1. The number of rotatable bonds is 13. The number of anilines is 1. The van der Waals surface area contributed by atoms with Crippen LogP contribution in [-0.2, 0) is 6.54 Å². The van der Waals surface area contributed by atoms with Crippen LogP contribution in [0.1, 0.15) is 50.9 Å². The van der Waals surface area contributed by atoms with Gasteiger partial charge in [0.1, 0.15) is 5.82 Å². The first-order valence-corrected chi connectivity index (χ1v) is 14.0. The zero-order chi connectivity index (χ0) is 26.2. The molecule has 0 unspecified atom stereocenters. The summed E-state index contributed by atoms with van der Waals surface area (Å²) in [6, 6.07) is 3.39. The highest BCUT2D eigenvalue weighted by Crippen LogP contribution is 2.39. The van der Waals surface area contributed by atoms with Gasteiger partial charge in [0.15, 0.2) is 22.3 Å². The van der Waals surface area contributed by atoms with Gasteiger partial charge in [-0.3, -0.25) is 4.79 Å². The molecule has 1 aromatic carbocycles. The predicted octanol–water partition coefficient (Wildman–Crippen LogP) is 4.16. The lowest BCUT2D eigenvalue weighted by molar-refractivity contribution is 0.0951. The summed E-state index contributed by atoms with van der Waals surface area (Å²) in [5, 5.41) is 9.27. The van der Waals surface area contributed by atoms with Gasteiger partial charge in [0.05, 0.1) is 37.9 Å². The van der Waals surface area contributed by atoms with Crippen LogP contribution in [0.5, 0.6) is 17.2 Å². The first-order valence-electron chi connectivity index (χ1n) is 13.0. The number of carbonyl (C=O) groups excluding carboxylic acids is 1. The van der Waals surface area contributed by atoms with Gasteiger partial charge < -0.3 is 24.4 Å². The highest BCUT2D eigenvalue weighted by atomic mass is 32.2. The standard InChI is InChI=1S/C26H36N6O4S/c1-5-34-20-15-18(16-21(35-6-2)22(20)36-7-3)25(33)27-11-14-32-24-19(17-28-32)23(31-12-9-10-13-31)29-26(30-24)37-8-4/h15-17H,5-14H2,1-4H3,(H,27,33). The Balaban J connectivity index is 1.51. The van der Waals surface area contributed by atoms with Gasteiger partial charge in [-0.15, -0.1) is 0 Å². The van der Waals surface area contributed by atoms with Gasteiger partial charge >= 0.3 is 0 Å². The Bertz CT molecular complexity index is 1180. The van der Waals surface area contributed by atoms with E-state index in [0.29, 0.717) is 55.7 Å². The molecule has 37 heavy (non-hydrogen) atoms. The van der Waals surface area contributed by atoms with E-state index in [-0.39, 0.29) is 5.91 Å². The van der Waals surface area contributed by atoms with Crippen LogP contribution in [0.25, 0.3) is 11.0 Å². The lowest BCUT2D eigenvalue weighted by atomic mass is 10.1. The Kier molecular flexibility index (Phi) is 9.32. The fourth-order valence-corrected chi connectivity index (χ4v) is 4.91. The molecule has 1 aliphatic heterocycles. The largest absolute Gasteiger partial charge is 0.490 e. The number of hydrogen-bond acceptors (Lipinski definition) is 9. The van der Waals surface area contributed by atoms with Crippen molar-refractivity contribution >= 4 is 34.5 Å². The quantitative estimate of drug-likeness (QED) is 0.259. The molecule has 11 heteroatoms. The molecule has 200 valence electrons. The third-order valence-corrected chi connectivity index (χ3v) is 6.64. The minimum absolute atomic E-state index is 0.226. The van der Waals surface area contributed by atoms with Gasteiger partial charge in [-0.25, -0.2) is 14.6 Å². The summed E-state index contributed by atoms with van der Waals surface area (Å²) in [4.78, 5) is 25.0. The van der Waals surface area contributed by atoms with Crippen LogP contribution in [0, 0.1) is 0 Å². The van der Waals surface area contributed by atoms with Crippen molar-refractivity contribution in [2.75, 3.05) is 50.1 Å². The monoisotopic (exact) mass is 528 g/mol. The molecule has 0 aliphatic carbocycles. The molecule has 0 radical (unpaired) electrons. The fraction of sp³-hybridized carbons (Fsp3) is 0.538. The molecular weight excluding hydrogens is 492 g/mol. The van der Waals surface area contributed by atoms with E-state index in [0.717, 1.165) is 40.9 Å². The number of ether oxygens (including phenoxy) is 3. The zero-order valence-corrected chi connectivity index (χ0v) is 22.9. The van der Waals surface area contributed by atoms with Crippen LogP contribution in [0.15, 0.2) is 23.5 Å².